The molecule has 0 amide bonds. The Bertz CT molecular complexity index is 844. The van der Waals surface area contributed by atoms with Crippen molar-refractivity contribution in [1.29, 1.82) is 0 Å². The first-order valence-corrected chi connectivity index (χ1v) is 8.47. The highest BCUT2D eigenvalue weighted by Gasteiger charge is 2.28. The summed E-state index contributed by atoms with van der Waals surface area (Å²) in [5, 5.41) is 4.01. The Balaban J connectivity index is 1.62. The van der Waals surface area contributed by atoms with Crippen LogP contribution < -0.4 is 0 Å². The van der Waals surface area contributed by atoms with Crippen LogP contribution >= 0.6 is 0 Å². The maximum atomic E-state index is 5.26. The largest absolute Gasteiger partial charge is 0.361 e. The average molecular weight is 336 g/mol. The van der Waals surface area contributed by atoms with Crippen LogP contribution in [0.4, 0.5) is 0 Å². The van der Waals surface area contributed by atoms with E-state index in [1.54, 1.807) is 12.4 Å². The summed E-state index contributed by atoms with van der Waals surface area (Å²) in [6.07, 6.45) is 9.31. The van der Waals surface area contributed by atoms with Crippen LogP contribution in [-0.2, 0) is 6.54 Å². The smallest absolute Gasteiger partial charge is 0.164 e. The van der Waals surface area contributed by atoms with E-state index >= 15 is 0 Å². The van der Waals surface area contributed by atoms with Gasteiger partial charge in [-0.2, -0.15) is 0 Å². The molecule has 0 aliphatic carbocycles. The van der Waals surface area contributed by atoms with Crippen LogP contribution in [0.2, 0.25) is 0 Å². The summed E-state index contributed by atoms with van der Waals surface area (Å²) in [7, 11) is 0. The highest BCUT2D eigenvalue weighted by Crippen LogP contribution is 2.33. The Morgan fingerprint density at radius 3 is 2.88 bits per heavy atom. The molecule has 0 radical (unpaired) electrons. The summed E-state index contributed by atoms with van der Waals surface area (Å²) in [4.78, 5) is 20.2. The molecule has 0 spiro atoms. The molecule has 128 valence electrons. The number of aromatic nitrogens is 5. The lowest BCUT2D eigenvalue weighted by Gasteiger charge is -2.23. The predicted molar refractivity (Wildman–Crippen MR) is 91.4 cm³/mol. The van der Waals surface area contributed by atoms with Gasteiger partial charge in [0.1, 0.15) is 5.76 Å². The molecule has 0 bridgehead atoms. The second-order valence-electron chi connectivity index (χ2n) is 6.33. The van der Waals surface area contributed by atoms with Crippen LogP contribution in [0, 0.1) is 13.8 Å². The van der Waals surface area contributed by atoms with E-state index in [4.69, 9.17) is 9.51 Å². The van der Waals surface area contributed by atoms with Gasteiger partial charge < -0.3 is 4.52 Å². The van der Waals surface area contributed by atoms with E-state index in [9.17, 15) is 0 Å². The molecule has 0 N–H and O–H groups in total. The minimum atomic E-state index is 0.268. The van der Waals surface area contributed by atoms with Crippen LogP contribution in [-0.4, -0.2) is 36.5 Å². The molecule has 1 fully saturated rings. The summed E-state index contributed by atoms with van der Waals surface area (Å²) >= 11 is 0. The second-order valence-corrected chi connectivity index (χ2v) is 6.33. The summed E-state index contributed by atoms with van der Waals surface area (Å²) in [5.74, 6) is 1.43. The van der Waals surface area contributed by atoms with E-state index in [1.807, 2.05) is 32.3 Å². The second kappa shape index (κ2) is 6.68. The highest BCUT2D eigenvalue weighted by molar-refractivity contribution is 5.59. The Kier molecular flexibility index (Phi) is 4.23. The van der Waals surface area contributed by atoms with E-state index in [2.05, 4.69) is 25.0 Å². The Hall–Kier alpha value is -2.67. The molecule has 0 aromatic carbocycles. The summed E-state index contributed by atoms with van der Waals surface area (Å²) in [5.41, 5.74) is 3.72. The van der Waals surface area contributed by atoms with Gasteiger partial charge in [-0.25, -0.2) is 9.97 Å². The molecule has 0 saturated carbocycles. The summed E-state index contributed by atoms with van der Waals surface area (Å²) in [6.45, 7) is 5.62. The molecule has 4 heterocycles. The zero-order valence-electron chi connectivity index (χ0n) is 14.4. The third-order valence-corrected chi connectivity index (χ3v) is 4.62. The maximum absolute atomic E-state index is 5.26. The fourth-order valence-corrected chi connectivity index (χ4v) is 3.45. The van der Waals surface area contributed by atoms with Gasteiger partial charge in [-0.3, -0.25) is 14.9 Å². The van der Waals surface area contributed by atoms with Gasteiger partial charge in [0, 0.05) is 31.3 Å². The molecule has 4 rings (SSSR count). The standard InChI is InChI=1S/C18H20N6O/c1-12-17(13(2)25-23-12)18-21-6-5-15(22-18)16-4-3-9-24(16)11-14-10-19-7-8-20-14/h5-8,10,16H,3-4,9,11H2,1-2H3/t16-/m1/s1. The van der Waals surface area contributed by atoms with Gasteiger partial charge in [-0.05, 0) is 39.3 Å². The number of rotatable bonds is 4. The van der Waals surface area contributed by atoms with Crippen molar-refractivity contribution >= 4 is 0 Å². The van der Waals surface area contributed by atoms with Crippen LogP contribution in [0.15, 0.2) is 35.4 Å². The average Bonchev–Trinajstić information content (AvgIpc) is 3.22. The predicted octanol–water partition coefficient (Wildman–Crippen LogP) is 2.88. The normalized spacial score (nSPS) is 17.9. The monoisotopic (exact) mass is 336 g/mol. The molecule has 25 heavy (non-hydrogen) atoms. The minimum absolute atomic E-state index is 0.268. The zero-order valence-corrected chi connectivity index (χ0v) is 14.4. The third-order valence-electron chi connectivity index (χ3n) is 4.62. The molecular weight excluding hydrogens is 316 g/mol. The van der Waals surface area contributed by atoms with Crippen molar-refractivity contribution in [2.45, 2.75) is 39.3 Å². The van der Waals surface area contributed by atoms with E-state index in [1.165, 1.54) is 0 Å². The molecule has 1 saturated heterocycles. The number of likely N-dealkylation sites (tertiary alicyclic amines) is 1. The number of hydrogen-bond acceptors (Lipinski definition) is 7. The van der Waals surface area contributed by atoms with Crippen molar-refractivity contribution < 1.29 is 4.52 Å². The van der Waals surface area contributed by atoms with Crippen molar-refractivity contribution in [3.63, 3.8) is 0 Å². The van der Waals surface area contributed by atoms with Gasteiger partial charge in [-0.1, -0.05) is 5.16 Å². The van der Waals surface area contributed by atoms with E-state index < -0.39 is 0 Å². The molecule has 3 aromatic rings. The topological polar surface area (TPSA) is 80.8 Å². The molecule has 1 aliphatic rings. The van der Waals surface area contributed by atoms with Crippen LogP contribution in [0.3, 0.4) is 0 Å². The Morgan fingerprint density at radius 1 is 1.20 bits per heavy atom. The molecular formula is C18H20N6O. The van der Waals surface area contributed by atoms with Gasteiger partial charge in [0.15, 0.2) is 5.82 Å². The van der Waals surface area contributed by atoms with Crippen molar-refractivity contribution in [3.8, 4) is 11.4 Å². The molecule has 7 nitrogen and oxygen atoms in total. The third kappa shape index (κ3) is 3.15. The lowest BCUT2D eigenvalue weighted by Crippen LogP contribution is -2.24. The summed E-state index contributed by atoms with van der Waals surface area (Å²) in [6, 6.07) is 2.27. The zero-order chi connectivity index (χ0) is 17.2. The number of nitrogens with zero attached hydrogens (tertiary/aromatic N) is 6. The van der Waals surface area contributed by atoms with Crippen molar-refractivity contribution in [3.05, 3.63) is 53.7 Å². The Morgan fingerprint density at radius 2 is 2.12 bits per heavy atom. The first-order chi connectivity index (χ1) is 12.2. The van der Waals surface area contributed by atoms with Crippen LogP contribution in [0.1, 0.15) is 41.7 Å². The van der Waals surface area contributed by atoms with Gasteiger partial charge >= 0.3 is 0 Å². The quantitative estimate of drug-likeness (QED) is 0.724. The maximum Gasteiger partial charge on any atom is 0.164 e. The minimum Gasteiger partial charge on any atom is -0.361 e. The lowest BCUT2D eigenvalue weighted by molar-refractivity contribution is 0.241. The van der Waals surface area contributed by atoms with Crippen molar-refractivity contribution in [2.24, 2.45) is 0 Å². The van der Waals surface area contributed by atoms with Gasteiger partial charge in [0.2, 0.25) is 0 Å². The van der Waals surface area contributed by atoms with Crippen LogP contribution in [0.25, 0.3) is 11.4 Å². The first kappa shape index (κ1) is 15.8. The summed E-state index contributed by atoms with van der Waals surface area (Å²) < 4.78 is 5.26. The fourth-order valence-electron chi connectivity index (χ4n) is 3.45. The molecule has 1 aliphatic heterocycles. The molecule has 3 aromatic heterocycles. The van der Waals surface area contributed by atoms with E-state index in [-0.39, 0.29) is 6.04 Å². The van der Waals surface area contributed by atoms with Crippen molar-refractivity contribution in [2.75, 3.05) is 6.54 Å². The lowest BCUT2D eigenvalue weighted by atomic mass is 10.1. The molecule has 1 atom stereocenters. The van der Waals surface area contributed by atoms with Gasteiger partial charge in [0.05, 0.1) is 28.7 Å². The van der Waals surface area contributed by atoms with E-state index in [0.29, 0.717) is 5.82 Å². The first-order valence-electron chi connectivity index (χ1n) is 8.47. The van der Waals surface area contributed by atoms with Crippen LogP contribution in [0.5, 0.6) is 0 Å². The fraction of sp³-hybridized carbons (Fsp3) is 0.389. The van der Waals surface area contributed by atoms with E-state index in [0.717, 1.165) is 54.3 Å². The molecule has 7 heteroatoms. The van der Waals surface area contributed by atoms with Crippen molar-refractivity contribution in [1.82, 2.24) is 30.0 Å². The number of aryl methyl sites for hydroxylation is 2. The van der Waals surface area contributed by atoms with Gasteiger partial charge in [-0.15, -0.1) is 0 Å². The van der Waals surface area contributed by atoms with Gasteiger partial charge in [0.25, 0.3) is 0 Å². The Labute approximate surface area is 146 Å². The number of hydrogen-bond donors (Lipinski definition) is 0. The SMILES string of the molecule is Cc1noc(C)c1-c1nccc([C@H]2CCCN2Cc2cnccn2)n1. The highest BCUT2D eigenvalue weighted by atomic mass is 16.5. The molecule has 0 unspecified atom stereocenters.